The van der Waals surface area contributed by atoms with E-state index in [-0.39, 0.29) is 37.3 Å². The molecule has 0 bridgehead atoms. The summed E-state index contributed by atoms with van der Waals surface area (Å²) in [7, 11) is 0. The number of rotatable bonds is 6. The summed E-state index contributed by atoms with van der Waals surface area (Å²) in [6.45, 7) is 1.30. The normalized spacial score (nSPS) is 15.6. The van der Waals surface area contributed by atoms with E-state index in [2.05, 4.69) is 0 Å². The minimum absolute atomic E-state index is 0.0162. The van der Waals surface area contributed by atoms with Crippen LogP contribution in [0, 0.1) is 0 Å². The van der Waals surface area contributed by atoms with E-state index in [1.54, 1.807) is 0 Å². The van der Waals surface area contributed by atoms with Crippen LogP contribution in [0.1, 0.15) is 45.4 Å². The molecule has 0 heterocycles. The monoisotopic (exact) mass is 242 g/mol. The predicted molar refractivity (Wildman–Crippen MR) is 59.2 cm³/mol. The van der Waals surface area contributed by atoms with Crippen LogP contribution in [0.25, 0.3) is 0 Å². The number of carbonyl (C=O) groups is 3. The average Bonchev–Trinajstić information content (AvgIpc) is 2.69. The Hall–Kier alpha value is -1.39. The number of esters is 2. The average molecular weight is 242 g/mol. The first-order chi connectivity index (χ1) is 8.08. The minimum atomic E-state index is -0.592. The predicted octanol–water partition coefficient (Wildman–Crippen LogP) is 1.38. The Kier molecular flexibility index (Phi) is 5.66. The maximum absolute atomic E-state index is 11.3. The summed E-state index contributed by atoms with van der Waals surface area (Å²) in [6, 6.07) is 0. The number of ether oxygens (including phenoxy) is 2. The molecule has 1 saturated carbocycles. The number of Topliss-reactive ketones (excluding diaryl/α,β-unsaturated/α-hetero) is 1. The molecule has 0 aromatic carbocycles. The van der Waals surface area contributed by atoms with Crippen LogP contribution in [-0.2, 0) is 23.9 Å². The molecule has 0 aliphatic heterocycles. The fourth-order valence-corrected chi connectivity index (χ4v) is 1.75. The van der Waals surface area contributed by atoms with Crippen LogP contribution >= 0.6 is 0 Å². The molecule has 1 rings (SSSR count). The van der Waals surface area contributed by atoms with Crippen molar-refractivity contribution in [3.63, 3.8) is 0 Å². The maximum Gasteiger partial charge on any atom is 0.313 e. The van der Waals surface area contributed by atoms with Gasteiger partial charge < -0.3 is 9.47 Å². The number of hydrogen-bond acceptors (Lipinski definition) is 5. The van der Waals surface area contributed by atoms with E-state index in [1.165, 1.54) is 6.92 Å². The molecular weight excluding hydrogens is 224 g/mol. The third-order valence-electron chi connectivity index (χ3n) is 2.56. The van der Waals surface area contributed by atoms with E-state index in [9.17, 15) is 14.4 Å². The van der Waals surface area contributed by atoms with Gasteiger partial charge in [-0.25, -0.2) is 0 Å². The third-order valence-corrected chi connectivity index (χ3v) is 2.56. The minimum Gasteiger partial charge on any atom is -0.465 e. The lowest BCUT2D eigenvalue weighted by atomic mass is 10.3. The van der Waals surface area contributed by atoms with Crippen molar-refractivity contribution in [2.45, 2.75) is 51.6 Å². The second kappa shape index (κ2) is 7.04. The summed E-state index contributed by atoms with van der Waals surface area (Å²) in [6.07, 6.45) is 3.91. The van der Waals surface area contributed by atoms with Gasteiger partial charge in [-0.15, -0.1) is 0 Å². The molecule has 0 aromatic rings. The first kappa shape index (κ1) is 13.7. The highest BCUT2D eigenvalue weighted by Crippen LogP contribution is 2.21. The summed E-state index contributed by atoms with van der Waals surface area (Å²) in [4.78, 5) is 32.9. The molecule has 0 spiro atoms. The topological polar surface area (TPSA) is 69.7 Å². The molecule has 0 radical (unpaired) electrons. The van der Waals surface area contributed by atoms with Crippen LogP contribution in [0.5, 0.6) is 0 Å². The molecule has 1 aliphatic rings. The second-order valence-corrected chi connectivity index (χ2v) is 4.25. The zero-order chi connectivity index (χ0) is 12.7. The van der Waals surface area contributed by atoms with Crippen molar-refractivity contribution in [1.82, 2.24) is 0 Å². The van der Waals surface area contributed by atoms with Gasteiger partial charge in [0.05, 0.1) is 6.42 Å². The van der Waals surface area contributed by atoms with Gasteiger partial charge in [-0.3, -0.25) is 14.4 Å². The molecule has 1 fully saturated rings. The summed E-state index contributed by atoms with van der Waals surface area (Å²) >= 11 is 0. The molecule has 0 amide bonds. The molecule has 5 heteroatoms. The summed E-state index contributed by atoms with van der Waals surface area (Å²) in [5.41, 5.74) is 0. The summed E-state index contributed by atoms with van der Waals surface area (Å²) in [5, 5.41) is 0. The van der Waals surface area contributed by atoms with Crippen molar-refractivity contribution in [3.05, 3.63) is 0 Å². The van der Waals surface area contributed by atoms with Gasteiger partial charge in [0.2, 0.25) is 0 Å². The molecule has 0 unspecified atom stereocenters. The Morgan fingerprint density at radius 1 is 1.12 bits per heavy atom. The van der Waals surface area contributed by atoms with Gasteiger partial charge in [0.25, 0.3) is 0 Å². The molecule has 0 N–H and O–H groups in total. The highest BCUT2D eigenvalue weighted by atomic mass is 16.6. The van der Waals surface area contributed by atoms with Gasteiger partial charge >= 0.3 is 11.9 Å². The number of carbonyl (C=O) groups excluding carboxylic acids is 3. The second-order valence-electron chi connectivity index (χ2n) is 4.25. The highest BCUT2D eigenvalue weighted by molar-refractivity contribution is 5.94. The molecule has 1 aliphatic carbocycles. The molecule has 96 valence electrons. The molecule has 0 atom stereocenters. The van der Waals surface area contributed by atoms with Crippen molar-refractivity contribution >= 4 is 17.7 Å². The fourth-order valence-electron chi connectivity index (χ4n) is 1.75. The lowest BCUT2D eigenvalue weighted by Gasteiger charge is -2.11. The van der Waals surface area contributed by atoms with Crippen LogP contribution in [0.4, 0.5) is 0 Å². The molecule has 0 aromatic heterocycles. The van der Waals surface area contributed by atoms with Gasteiger partial charge in [0, 0.05) is 0 Å². The third kappa shape index (κ3) is 6.04. The van der Waals surface area contributed by atoms with Crippen molar-refractivity contribution < 1.29 is 23.9 Å². The lowest BCUT2D eigenvalue weighted by molar-refractivity contribution is -0.152. The van der Waals surface area contributed by atoms with Gasteiger partial charge in [-0.05, 0) is 32.6 Å². The van der Waals surface area contributed by atoms with Crippen molar-refractivity contribution in [1.29, 1.82) is 0 Å². The standard InChI is InChI=1S/C12H18O5/c1-9(13)8-12(15)16-7-6-11(14)17-10-4-2-3-5-10/h10H,2-8H2,1H3. The van der Waals surface area contributed by atoms with E-state index in [0.29, 0.717) is 0 Å². The first-order valence-corrected chi connectivity index (χ1v) is 5.92. The number of hydrogen-bond donors (Lipinski definition) is 0. The lowest BCUT2D eigenvalue weighted by Crippen LogP contribution is -2.17. The van der Waals surface area contributed by atoms with Crippen molar-refractivity contribution in [2.24, 2.45) is 0 Å². The highest BCUT2D eigenvalue weighted by Gasteiger charge is 2.19. The quantitative estimate of drug-likeness (QED) is 0.520. The van der Waals surface area contributed by atoms with E-state index < -0.39 is 5.97 Å². The smallest absolute Gasteiger partial charge is 0.313 e. The Bertz CT molecular complexity index is 291. The van der Waals surface area contributed by atoms with Crippen LogP contribution < -0.4 is 0 Å². The zero-order valence-electron chi connectivity index (χ0n) is 10.1. The van der Waals surface area contributed by atoms with E-state index in [1.807, 2.05) is 0 Å². The van der Waals surface area contributed by atoms with Crippen molar-refractivity contribution in [2.75, 3.05) is 6.61 Å². The molecular formula is C12H18O5. The fraction of sp³-hybridized carbons (Fsp3) is 0.750. The van der Waals surface area contributed by atoms with Gasteiger partial charge in [-0.1, -0.05) is 0 Å². The van der Waals surface area contributed by atoms with Gasteiger partial charge in [0.15, 0.2) is 0 Å². The van der Waals surface area contributed by atoms with E-state index in [0.717, 1.165) is 25.7 Å². The Morgan fingerprint density at radius 3 is 2.35 bits per heavy atom. The Morgan fingerprint density at radius 2 is 1.76 bits per heavy atom. The zero-order valence-corrected chi connectivity index (χ0v) is 10.1. The summed E-state index contributed by atoms with van der Waals surface area (Å²) < 4.78 is 9.90. The maximum atomic E-state index is 11.3. The van der Waals surface area contributed by atoms with Crippen LogP contribution in [0.15, 0.2) is 0 Å². The Labute approximate surface area is 100 Å². The molecule has 17 heavy (non-hydrogen) atoms. The molecule has 0 saturated heterocycles. The van der Waals surface area contributed by atoms with E-state index in [4.69, 9.17) is 9.47 Å². The SMILES string of the molecule is CC(=O)CC(=O)OCCC(=O)OC1CCCC1. The first-order valence-electron chi connectivity index (χ1n) is 5.92. The van der Waals surface area contributed by atoms with Crippen molar-refractivity contribution in [3.8, 4) is 0 Å². The van der Waals surface area contributed by atoms with Crippen LogP contribution in [0.3, 0.4) is 0 Å². The van der Waals surface area contributed by atoms with Crippen LogP contribution in [-0.4, -0.2) is 30.4 Å². The molecule has 5 nitrogen and oxygen atoms in total. The van der Waals surface area contributed by atoms with Gasteiger partial charge in [-0.2, -0.15) is 0 Å². The van der Waals surface area contributed by atoms with E-state index >= 15 is 0 Å². The summed E-state index contributed by atoms with van der Waals surface area (Å²) in [5.74, 6) is -1.18. The number of ketones is 1. The van der Waals surface area contributed by atoms with Gasteiger partial charge in [0.1, 0.15) is 24.9 Å². The van der Waals surface area contributed by atoms with Crippen LogP contribution in [0.2, 0.25) is 0 Å². The Balaban J connectivity index is 2.07. The largest absolute Gasteiger partial charge is 0.465 e.